The van der Waals surface area contributed by atoms with Gasteiger partial charge in [-0.3, -0.25) is 0 Å². The van der Waals surface area contributed by atoms with E-state index in [2.05, 4.69) is 17.6 Å². The predicted octanol–water partition coefficient (Wildman–Crippen LogP) is -1.30. The molecule has 5 nitrogen and oxygen atoms in total. The zero-order valence-corrected chi connectivity index (χ0v) is 9.28. The number of hydrogen-bond acceptors (Lipinski definition) is 5. The molecule has 1 heterocycles. The summed E-state index contributed by atoms with van der Waals surface area (Å²) >= 11 is 0. The quantitative estimate of drug-likeness (QED) is 0.446. The summed E-state index contributed by atoms with van der Waals surface area (Å²) in [5, 5.41) is 24.4. The van der Waals surface area contributed by atoms with Gasteiger partial charge in [-0.15, -0.1) is 0 Å². The zero-order chi connectivity index (χ0) is 11.1. The third-order valence-electron chi connectivity index (χ3n) is 2.55. The van der Waals surface area contributed by atoms with Crippen LogP contribution in [0.15, 0.2) is 0 Å². The molecule has 15 heavy (non-hydrogen) atoms. The van der Waals surface area contributed by atoms with Crippen molar-refractivity contribution in [2.24, 2.45) is 0 Å². The van der Waals surface area contributed by atoms with E-state index in [0.717, 1.165) is 26.2 Å². The minimum Gasteiger partial charge on any atom is -0.394 e. The first-order valence-corrected chi connectivity index (χ1v) is 5.55. The Kier molecular flexibility index (Phi) is 6.12. The van der Waals surface area contributed by atoms with Gasteiger partial charge in [0.2, 0.25) is 0 Å². The lowest BCUT2D eigenvalue weighted by Gasteiger charge is -2.27. The average molecular weight is 218 g/mol. The van der Waals surface area contributed by atoms with Crippen molar-refractivity contribution in [2.45, 2.75) is 31.5 Å². The van der Waals surface area contributed by atoms with Crippen LogP contribution in [0.4, 0.5) is 0 Å². The molecule has 1 rings (SSSR count). The molecular weight excluding hydrogens is 196 g/mol. The maximum atomic E-state index is 9.16. The maximum absolute atomic E-state index is 9.16. The van der Waals surface area contributed by atoms with Crippen LogP contribution in [0.2, 0.25) is 0 Å². The Bertz CT molecular complexity index is 163. The fraction of sp³-hybridized carbons (Fsp3) is 1.00. The molecule has 4 N–H and O–H groups in total. The van der Waals surface area contributed by atoms with Crippen LogP contribution < -0.4 is 10.6 Å². The molecule has 0 aliphatic carbocycles. The SMILES string of the molecule is CC(CC1COCCN1)NCC(O)CO. The molecule has 0 aromatic heterocycles. The maximum Gasteiger partial charge on any atom is 0.0895 e. The number of aliphatic hydroxyl groups excluding tert-OH is 2. The van der Waals surface area contributed by atoms with Crippen LogP contribution in [0, 0.1) is 0 Å². The van der Waals surface area contributed by atoms with Crippen LogP contribution in [0.25, 0.3) is 0 Å². The van der Waals surface area contributed by atoms with Gasteiger partial charge in [0.25, 0.3) is 0 Å². The van der Waals surface area contributed by atoms with E-state index in [1.807, 2.05) is 0 Å². The standard InChI is InChI=1S/C10H22N2O3/c1-8(12-5-10(14)6-13)4-9-7-15-3-2-11-9/h8-14H,2-7H2,1H3. The molecule has 5 heteroatoms. The number of ether oxygens (including phenoxy) is 1. The lowest BCUT2D eigenvalue weighted by atomic mass is 10.1. The molecule has 90 valence electrons. The summed E-state index contributed by atoms with van der Waals surface area (Å²) in [4.78, 5) is 0. The Labute approximate surface area is 90.8 Å². The van der Waals surface area contributed by atoms with Crippen molar-refractivity contribution in [3.63, 3.8) is 0 Å². The van der Waals surface area contributed by atoms with Crippen molar-refractivity contribution >= 4 is 0 Å². The summed E-state index contributed by atoms with van der Waals surface area (Å²) in [6, 6.07) is 0.706. The Morgan fingerprint density at radius 2 is 2.40 bits per heavy atom. The van der Waals surface area contributed by atoms with Gasteiger partial charge in [0.15, 0.2) is 0 Å². The molecule has 3 atom stereocenters. The minimum atomic E-state index is -0.664. The molecule has 1 aliphatic heterocycles. The van der Waals surface area contributed by atoms with Crippen molar-refractivity contribution in [2.75, 3.05) is 32.9 Å². The summed E-state index contributed by atoms with van der Waals surface area (Å²) in [6.07, 6.45) is 0.307. The van der Waals surface area contributed by atoms with Crippen molar-refractivity contribution in [1.82, 2.24) is 10.6 Å². The summed E-state index contributed by atoms with van der Waals surface area (Å²) in [5.74, 6) is 0. The lowest BCUT2D eigenvalue weighted by molar-refractivity contribution is 0.0680. The van der Waals surface area contributed by atoms with E-state index in [1.165, 1.54) is 0 Å². The van der Waals surface area contributed by atoms with Crippen molar-refractivity contribution in [3.8, 4) is 0 Å². The van der Waals surface area contributed by atoms with Crippen molar-refractivity contribution in [1.29, 1.82) is 0 Å². The molecular formula is C10H22N2O3. The highest BCUT2D eigenvalue weighted by Gasteiger charge is 2.16. The zero-order valence-electron chi connectivity index (χ0n) is 9.28. The van der Waals surface area contributed by atoms with E-state index in [9.17, 15) is 0 Å². The van der Waals surface area contributed by atoms with Crippen LogP contribution in [0.3, 0.4) is 0 Å². The molecule has 0 amide bonds. The third-order valence-corrected chi connectivity index (χ3v) is 2.55. The van der Waals surface area contributed by atoms with Gasteiger partial charge in [0.05, 0.1) is 25.9 Å². The molecule has 1 saturated heterocycles. The Morgan fingerprint density at radius 1 is 1.60 bits per heavy atom. The Hall–Kier alpha value is -0.200. The summed E-state index contributed by atoms with van der Waals surface area (Å²) < 4.78 is 5.35. The topological polar surface area (TPSA) is 73.8 Å². The van der Waals surface area contributed by atoms with Gasteiger partial charge >= 0.3 is 0 Å². The second-order valence-electron chi connectivity index (χ2n) is 4.11. The lowest BCUT2D eigenvalue weighted by Crippen LogP contribution is -2.46. The van der Waals surface area contributed by atoms with Gasteiger partial charge in [-0.25, -0.2) is 0 Å². The Morgan fingerprint density at radius 3 is 3.00 bits per heavy atom. The molecule has 3 unspecified atom stereocenters. The van der Waals surface area contributed by atoms with Gasteiger partial charge < -0.3 is 25.6 Å². The summed E-state index contributed by atoms with van der Waals surface area (Å²) in [6.45, 7) is 4.78. The van der Waals surface area contributed by atoms with Crippen molar-refractivity contribution < 1.29 is 14.9 Å². The number of hydrogen-bond donors (Lipinski definition) is 4. The largest absolute Gasteiger partial charge is 0.394 e. The summed E-state index contributed by atoms with van der Waals surface area (Å²) in [7, 11) is 0. The minimum absolute atomic E-state index is 0.190. The average Bonchev–Trinajstić information content (AvgIpc) is 2.27. The van der Waals surface area contributed by atoms with Crippen LogP contribution in [-0.4, -0.2) is 61.3 Å². The smallest absolute Gasteiger partial charge is 0.0895 e. The van der Waals surface area contributed by atoms with E-state index in [4.69, 9.17) is 14.9 Å². The highest BCUT2D eigenvalue weighted by Crippen LogP contribution is 2.02. The first-order valence-electron chi connectivity index (χ1n) is 5.55. The molecule has 0 aromatic carbocycles. The van der Waals surface area contributed by atoms with E-state index in [0.29, 0.717) is 18.6 Å². The normalized spacial score (nSPS) is 26.2. The first kappa shape index (κ1) is 12.9. The fourth-order valence-electron chi connectivity index (χ4n) is 1.68. The molecule has 1 aliphatic rings. The van der Waals surface area contributed by atoms with Gasteiger partial charge in [-0.2, -0.15) is 0 Å². The van der Waals surface area contributed by atoms with Gasteiger partial charge in [0, 0.05) is 25.2 Å². The van der Waals surface area contributed by atoms with E-state index >= 15 is 0 Å². The molecule has 0 aromatic rings. The van der Waals surface area contributed by atoms with Crippen LogP contribution in [0.5, 0.6) is 0 Å². The van der Waals surface area contributed by atoms with Crippen LogP contribution in [-0.2, 0) is 4.74 Å². The van der Waals surface area contributed by atoms with E-state index < -0.39 is 6.10 Å². The van der Waals surface area contributed by atoms with E-state index in [1.54, 1.807) is 0 Å². The molecule has 0 saturated carbocycles. The molecule has 0 radical (unpaired) electrons. The molecule has 0 bridgehead atoms. The second-order valence-corrected chi connectivity index (χ2v) is 4.11. The first-order chi connectivity index (χ1) is 7.22. The number of nitrogens with one attached hydrogen (secondary N) is 2. The summed E-state index contributed by atoms with van der Waals surface area (Å²) in [5.41, 5.74) is 0. The Balaban J connectivity index is 2.08. The molecule has 1 fully saturated rings. The van der Waals surface area contributed by atoms with Crippen LogP contribution >= 0.6 is 0 Å². The highest BCUT2D eigenvalue weighted by molar-refractivity contribution is 4.76. The van der Waals surface area contributed by atoms with E-state index in [-0.39, 0.29) is 6.61 Å². The second kappa shape index (κ2) is 7.14. The molecule has 0 spiro atoms. The number of rotatable bonds is 6. The predicted molar refractivity (Wildman–Crippen MR) is 57.8 cm³/mol. The number of aliphatic hydroxyl groups is 2. The number of morpholine rings is 1. The van der Waals surface area contributed by atoms with Gasteiger partial charge in [-0.1, -0.05) is 0 Å². The van der Waals surface area contributed by atoms with Gasteiger partial charge in [-0.05, 0) is 13.3 Å². The monoisotopic (exact) mass is 218 g/mol. The van der Waals surface area contributed by atoms with Gasteiger partial charge in [0.1, 0.15) is 0 Å². The van der Waals surface area contributed by atoms with Crippen LogP contribution in [0.1, 0.15) is 13.3 Å². The third kappa shape index (κ3) is 5.44. The van der Waals surface area contributed by atoms with Crippen molar-refractivity contribution in [3.05, 3.63) is 0 Å². The highest BCUT2D eigenvalue weighted by atomic mass is 16.5. The fourth-order valence-corrected chi connectivity index (χ4v) is 1.68.